The van der Waals surface area contributed by atoms with Gasteiger partial charge in [0.25, 0.3) is 0 Å². The second-order valence-electron chi connectivity index (χ2n) is 5.64. The van der Waals surface area contributed by atoms with E-state index >= 15 is 0 Å². The van der Waals surface area contributed by atoms with E-state index in [2.05, 4.69) is 15.2 Å². The Morgan fingerprint density at radius 1 is 1.21 bits per heavy atom. The van der Waals surface area contributed by atoms with E-state index in [1.54, 1.807) is 0 Å². The fourth-order valence-electron chi connectivity index (χ4n) is 2.60. The molecule has 24 heavy (non-hydrogen) atoms. The lowest BCUT2D eigenvalue weighted by Crippen LogP contribution is -2.37. The Balaban J connectivity index is 1.93. The molecule has 2 heterocycles. The smallest absolute Gasteiger partial charge is 0.221 e. The Morgan fingerprint density at radius 3 is 2.50 bits per heavy atom. The summed E-state index contributed by atoms with van der Waals surface area (Å²) in [4.78, 5) is 22.4. The molecular formula is C17H19ClN4O2. The number of hydrogen-bond donors (Lipinski definition) is 1. The first-order valence-corrected chi connectivity index (χ1v) is 8.17. The van der Waals surface area contributed by atoms with Crippen LogP contribution in [0, 0.1) is 6.92 Å². The molecular weight excluding hydrogens is 328 g/mol. The van der Waals surface area contributed by atoms with E-state index in [0.29, 0.717) is 24.2 Å². The summed E-state index contributed by atoms with van der Waals surface area (Å²) < 4.78 is 5.40. The zero-order valence-electron chi connectivity index (χ0n) is 13.7. The molecule has 3 rings (SSSR count). The summed E-state index contributed by atoms with van der Waals surface area (Å²) in [6.45, 7) is 6.34. The normalized spacial score (nSPS) is 14.5. The number of benzene rings is 1. The van der Waals surface area contributed by atoms with Crippen molar-refractivity contribution in [3.05, 3.63) is 35.0 Å². The number of aromatic nitrogens is 2. The van der Waals surface area contributed by atoms with Crippen LogP contribution in [-0.4, -0.2) is 42.2 Å². The van der Waals surface area contributed by atoms with Gasteiger partial charge in [-0.05, 0) is 31.2 Å². The molecule has 1 aliphatic rings. The SMILES string of the molecule is CC(=O)Nc1ccc(-c2nc(Cl)c(C)c(N3CCOCC3)n2)cc1. The predicted octanol–water partition coefficient (Wildman–Crippen LogP) is 2.90. The topological polar surface area (TPSA) is 67.4 Å². The van der Waals surface area contributed by atoms with Crippen molar-refractivity contribution >= 4 is 29.0 Å². The number of carbonyl (C=O) groups excluding carboxylic acids is 1. The van der Waals surface area contributed by atoms with Crippen molar-refractivity contribution in [1.82, 2.24) is 9.97 Å². The zero-order valence-corrected chi connectivity index (χ0v) is 14.4. The molecule has 1 N–H and O–H groups in total. The molecule has 1 aliphatic heterocycles. The van der Waals surface area contributed by atoms with E-state index in [9.17, 15) is 4.79 Å². The third-order valence-electron chi connectivity index (χ3n) is 3.83. The Morgan fingerprint density at radius 2 is 1.88 bits per heavy atom. The van der Waals surface area contributed by atoms with Gasteiger partial charge in [-0.2, -0.15) is 0 Å². The lowest BCUT2D eigenvalue weighted by molar-refractivity contribution is -0.114. The number of ether oxygens (including phenoxy) is 1. The van der Waals surface area contributed by atoms with Crippen LogP contribution in [0.1, 0.15) is 12.5 Å². The van der Waals surface area contributed by atoms with Gasteiger partial charge in [-0.1, -0.05) is 11.6 Å². The molecule has 0 saturated carbocycles. The minimum Gasteiger partial charge on any atom is -0.378 e. The molecule has 1 aromatic heterocycles. The Labute approximate surface area is 145 Å². The van der Waals surface area contributed by atoms with Crippen LogP contribution in [0.4, 0.5) is 11.5 Å². The molecule has 0 radical (unpaired) electrons. The van der Waals surface area contributed by atoms with Crippen molar-refractivity contribution in [1.29, 1.82) is 0 Å². The summed E-state index contributed by atoms with van der Waals surface area (Å²) in [5, 5.41) is 3.19. The van der Waals surface area contributed by atoms with Gasteiger partial charge >= 0.3 is 0 Å². The molecule has 1 saturated heterocycles. The maximum atomic E-state index is 11.1. The molecule has 7 heteroatoms. The summed E-state index contributed by atoms with van der Waals surface area (Å²) in [6, 6.07) is 7.38. The second-order valence-corrected chi connectivity index (χ2v) is 6.00. The second kappa shape index (κ2) is 7.15. The van der Waals surface area contributed by atoms with Gasteiger partial charge in [-0.3, -0.25) is 4.79 Å². The predicted molar refractivity (Wildman–Crippen MR) is 94.6 cm³/mol. The van der Waals surface area contributed by atoms with E-state index in [1.165, 1.54) is 6.92 Å². The highest BCUT2D eigenvalue weighted by atomic mass is 35.5. The van der Waals surface area contributed by atoms with Gasteiger partial charge in [-0.25, -0.2) is 9.97 Å². The number of anilines is 2. The number of morpholine rings is 1. The van der Waals surface area contributed by atoms with Gasteiger partial charge < -0.3 is 15.0 Å². The summed E-state index contributed by atoms with van der Waals surface area (Å²) in [6.07, 6.45) is 0. The number of rotatable bonds is 3. The number of halogens is 1. The lowest BCUT2D eigenvalue weighted by Gasteiger charge is -2.29. The van der Waals surface area contributed by atoms with Crippen molar-refractivity contribution in [2.24, 2.45) is 0 Å². The summed E-state index contributed by atoms with van der Waals surface area (Å²) >= 11 is 6.32. The van der Waals surface area contributed by atoms with Gasteiger partial charge in [0.1, 0.15) is 11.0 Å². The van der Waals surface area contributed by atoms with E-state index in [-0.39, 0.29) is 5.91 Å². The molecule has 1 fully saturated rings. The first-order chi connectivity index (χ1) is 11.5. The molecule has 0 aliphatic carbocycles. The van der Waals surface area contributed by atoms with Crippen LogP contribution in [0.25, 0.3) is 11.4 Å². The zero-order chi connectivity index (χ0) is 17.1. The van der Waals surface area contributed by atoms with Gasteiger partial charge in [0.05, 0.1) is 13.2 Å². The standard InChI is InChI=1S/C17H19ClN4O2/c1-11-15(18)20-16(21-17(11)22-7-9-24-10-8-22)13-3-5-14(6-4-13)19-12(2)23/h3-6H,7-10H2,1-2H3,(H,19,23). The third kappa shape index (κ3) is 3.66. The summed E-state index contributed by atoms with van der Waals surface area (Å²) in [5.41, 5.74) is 2.45. The fourth-order valence-corrected chi connectivity index (χ4v) is 2.76. The number of nitrogens with one attached hydrogen (secondary N) is 1. The maximum Gasteiger partial charge on any atom is 0.221 e. The Hall–Kier alpha value is -2.18. The van der Waals surface area contributed by atoms with Crippen LogP contribution in [0.15, 0.2) is 24.3 Å². The molecule has 126 valence electrons. The van der Waals surface area contributed by atoms with Crippen LogP contribution in [-0.2, 0) is 9.53 Å². The minimum absolute atomic E-state index is 0.105. The molecule has 0 bridgehead atoms. The number of carbonyl (C=O) groups is 1. The van der Waals surface area contributed by atoms with Crippen LogP contribution >= 0.6 is 11.6 Å². The van der Waals surface area contributed by atoms with Crippen molar-refractivity contribution in [3.8, 4) is 11.4 Å². The average Bonchev–Trinajstić information content (AvgIpc) is 2.58. The van der Waals surface area contributed by atoms with Crippen molar-refractivity contribution in [3.63, 3.8) is 0 Å². The molecule has 0 unspecified atom stereocenters. The van der Waals surface area contributed by atoms with Gasteiger partial charge in [-0.15, -0.1) is 0 Å². The van der Waals surface area contributed by atoms with Crippen LogP contribution in [0.2, 0.25) is 5.15 Å². The molecule has 1 aromatic carbocycles. The lowest BCUT2D eigenvalue weighted by atomic mass is 10.2. The summed E-state index contributed by atoms with van der Waals surface area (Å²) in [7, 11) is 0. The summed E-state index contributed by atoms with van der Waals surface area (Å²) in [5.74, 6) is 1.31. The molecule has 6 nitrogen and oxygen atoms in total. The highest BCUT2D eigenvalue weighted by molar-refractivity contribution is 6.30. The highest BCUT2D eigenvalue weighted by Crippen LogP contribution is 2.28. The Kier molecular flexibility index (Phi) is 4.97. The van der Waals surface area contributed by atoms with E-state index in [4.69, 9.17) is 21.3 Å². The molecule has 0 spiro atoms. The van der Waals surface area contributed by atoms with E-state index in [0.717, 1.165) is 35.7 Å². The quantitative estimate of drug-likeness (QED) is 0.865. The fraction of sp³-hybridized carbons (Fsp3) is 0.353. The highest BCUT2D eigenvalue weighted by Gasteiger charge is 2.18. The molecule has 0 atom stereocenters. The van der Waals surface area contributed by atoms with Gasteiger partial charge in [0.2, 0.25) is 5.91 Å². The van der Waals surface area contributed by atoms with Crippen molar-refractivity contribution in [2.75, 3.05) is 36.5 Å². The van der Waals surface area contributed by atoms with E-state index < -0.39 is 0 Å². The van der Waals surface area contributed by atoms with Crippen LogP contribution in [0.5, 0.6) is 0 Å². The van der Waals surface area contributed by atoms with E-state index in [1.807, 2.05) is 31.2 Å². The van der Waals surface area contributed by atoms with Crippen molar-refractivity contribution in [2.45, 2.75) is 13.8 Å². The average molecular weight is 347 g/mol. The first-order valence-electron chi connectivity index (χ1n) is 7.79. The number of hydrogen-bond acceptors (Lipinski definition) is 5. The maximum absolute atomic E-state index is 11.1. The third-order valence-corrected chi connectivity index (χ3v) is 4.20. The van der Waals surface area contributed by atoms with Gasteiger partial charge in [0.15, 0.2) is 5.82 Å². The van der Waals surface area contributed by atoms with Crippen molar-refractivity contribution < 1.29 is 9.53 Å². The van der Waals surface area contributed by atoms with Gasteiger partial charge in [0, 0.05) is 36.8 Å². The van der Waals surface area contributed by atoms with Crippen LogP contribution in [0.3, 0.4) is 0 Å². The molecule has 2 aromatic rings. The first kappa shape index (κ1) is 16.7. The van der Waals surface area contributed by atoms with Crippen LogP contribution < -0.4 is 10.2 Å². The Bertz CT molecular complexity index is 743. The largest absolute Gasteiger partial charge is 0.378 e. The molecule has 1 amide bonds. The monoisotopic (exact) mass is 346 g/mol. The minimum atomic E-state index is -0.105. The number of nitrogens with zero attached hydrogens (tertiary/aromatic N) is 3. The number of amides is 1.